The largest absolute Gasteiger partial charge is 0.444 e. The second kappa shape index (κ2) is 16.7. The van der Waals surface area contributed by atoms with Crippen LogP contribution in [0.1, 0.15) is 104 Å². The number of hydrogen-bond acceptors (Lipinski definition) is 12. The molecule has 1 amide bonds. The number of nitrogens with zero attached hydrogens (tertiary/aromatic N) is 4. The average Bonchev–Trinajstić information content (AvgIpc) is 3.09. The van der Waals surface area contributed by atoms with E-state index in [-0.39, 0.29) is 56.0 Å². The van der Waals surface area contributed by atoms with Crippen LogP contribution in [-0.2, 0) is 39.2 Å². The van der Waals surface area contributed by atoms with Crippen molar-refractivity contribution in [3.05, 3.63) is 58.7 Å². The van der Waals surface area contributed by atoms with Crippen molar-refractivity contribution in [1.29, 1.82) is 0 Å². The predicted molar refractivity (Wildman–Crippen MR) is 214 cm³/mol. The first-order valence-corrected chi connectivity index (χ1v) is 22.2. The molecule has 2 aromatic carbocycles. The summed E-state index contributed by atoms with van der Waals surface area (Å²) in [5.41, 5.74) is -0.503. The molecule has 2 saturated heterocycles. The van der Waals surface area contributed by atoms with Gasteiger partial charge in [0.15, 0.2) is 0 Å². The molecule has 0 spiro atoms. The molecule has 1 unspecified atom stereocenters. The third-order valence-electron chi connectivity index (χ3n) is 10.2. The first-order chi connectivity index (χ1) is 26.4. The summed E-state index contributed by atoms with van der Waals surface area (Å²) in [5.74, 6) is -0.226. The number of carbonyl (C=O) groups is 2. The quantitative estimate of drug-likeness (QED) is 0.0880. The van der Waals surface area contributed by atoms with Crippen molar-refractivity contribution >= 4 is 43.5 Å². The van der Waals surface area contributed by atoms with Gasteiger partial charge in [0.2, 0.25) is 20.0 Å². The summed E-state index contributed by atoms with van der Waals surface area (Å²) < 4.78 is 70.1. The lowest BCUT2D eigenvalue weighted by molar-refractivity contribution is -0.161. The fraction of sp³-hybridized carbons (Fsp3) is 0.600. The van der Waals surface area contributed by atoms with E-state index >= 15 is 0 Å². The van der Waals surface area contributed by atoms with Gasteiger partial charge in [0.1, 0.15) is 23.1 Å². The van der Waals surface area contributed by atoms with Crippen molar-refractivity contribution in [2.45, 2.75) is 104 Å². The minimum absolute atomic E-state index is 0.0255. The van der Waals surface area contributed by atoms with Crippen molar-refractivity contribution in [2.24, 2.45) is 39.4 Å². The molecule has 5 atom stereocenters. The third-order valence-corrected chi connectivity index (χ3v) is 13.9. The number of amides is 1. The lowest BCUT2D eigenvalue weighted by Gasteiger charge is -2.34. The highest BCUT2D eigenvalue weighted by atomic mass is 32.2. The zero-order chi connectivity index (χ0) is 42.2. The van der Waals surface area contributed by atoms with Gasteiger partial charge in [-0.25, -0.2) is 26.4 Å². The molecule has 3 aliphatic rings. The first kappa shape index (κ1) is 44.1. The van der Waals surface area contributed by atoms with Crippen molar-refractivity contribution in [3.8, 4) is 0 Å². The number of benzene rings is 2. The van der Waals surface area contributed by atoms with Crippen molar-refractivity contribution < 1.29 is 45.9 Å². The second-order valence-electron chi connectivity index (χ2n) is 18.0. The van der Waals surface area contributed by atoms with Crippen molar-refractivity contribution in [2.75, 3.05) is 33.0 Å². The van der Waals surface area contributed by atoms with Gasteiger partial charge in [-0.05, 0) is 87.0 Å². The summed E-state index contributed by atoms with van der Waals surface area (Å²) in [7, 11) is -8.01. The predicted octanol–water partition coefficient (Wildman–Crippen LogP) is 5.77. The Balaban J connectivity index is 1.55. The molecule has 57 heavy (non-hydrogen) atoms. The van der Waals surface area contributed by atoms with E-state index in [4.69, 9.17) is 14.3 Å². The number of ether oxygens (including phenoxy) is 2. The van der Waals surface area contributed by atoms with Gasteiger partial charge < -0.3 is 24.8 Å². The normalized spacial score (nSPS) is 22.8. The SMILES string of the molecule is C[C@@H]1C[C@H](C)CN(S(=O)(=O)c2ccc3c(c2)C(=NOCOC(=O)C(NC(=O)OC(C)(C)C)C(C)(C)C)c2cc(S(=O)(=O)N4C[C@H](C)C[C@H](C)C4)ccc2C3=NO)C1. The van der Waals surface area contributed by atoms with Gasteiger partial charge in [-0.1, -0.05) is 70.9 Å². The van der Waals surface area contributed by atoms with Crippen LogP contribution in [0.4, 0.5) is 4.79 Å². The van der Waals surface area contributed by atoms with Gasteiger partial charge >= 0.3 is 12.1 Å². The van der Waals surface area contributed by atoms with Crippen LogP contribution in [0.15, 0.2) is 56.5 Å². The Morgan fingerprint density at radius 3 is 1.58 bits per heavy atom. The first-order valence-electron chi connectivity index (χ1n) is 19.3. The number of esters is 1. The van der Waals surface area contributed by atoms with Gasteiger partial charge in [-0.3, -0.25) is 0 Å². The molecular formula is C40H57N5O10S2. The number of carbonyl (C=O) groups excluding carboxylic acids is 2. The Kier molecular flexibility index (Phi) is 12.9. The van der Waals surface area contributed by atoms with E-state index in [9.17, 15) is 31.6 Å². The van der Waals surface area contributed by atoms with Crippen molar-refractivity contribution in [1.82, 2.24) is 13.9 Å². The van der Waals surface area contributed by atoms with E-state index < -0.39 is 56.0 Å². The molecule has 1 aliphatic carbocycles. The summed E-state index contributed by atoms with van der Waals surface area (Å²) in [4.78, 5) is 31.4. The molecule has 2 heterocycles. The van der Waals surface area contributed by atoms with E-state index in [1.165, 1.54) is 45.0 Å². The molecule has 314 valence electrons. The van der Waals surface area contributed by atoms with Gasteiger partial charge in [-0.2, -0.15) is 8.61 Å². The van der Waals surface area contributed by atoms with Crippen LogP contribution in [0.5, 0.6) is 0 Å². The highest BCUT2D eigenvalue weighted by Gasteiger charge is 2.38. The molecule has 2 aromatic rings. The van der Waals surface area contributed by atoms with E-state index in [0.717, 1.165) is 12.8 Å². The van der Waals surface area contributed by atoms with Gasteiger partial charge in [0.05, 0.1) is 9.79 Å². The number of nitrogens with one attached hydrogen (secondary N) is 1. The van der Waals surface area contributed by atoms with E-state index in [0.29, 0.717) is 37.3 Å². The van der Waals surface area contributed by atoms with Crippen LogP contribution in [0.3, 0.4) is 0 Å². The molecule has 15 nitrogen and oxygen atoms in total. The number of piperidine rings is 2. The van der Waals surface area contributed by atoms with Gasteiger partial charge in [-0.15, -0.1) is 0 Å². The topological polar surface area (TPSA) is 194 Å². The summed E-state index contributed by atoms with van der Waals surface area (Å²) in [6, 6.07) is 7.60. The minimum Gasteiger partial charge on any atom is -0.444 e. The molecular weight excluding hydrogens is 775 g/mol. The number of rotatable bonds is 9. The summed E-state index contributed by atoms with van der Waals surface area (Å²) in [6.07, 6.45) is 0.988. The lowest BCUT2D eigenvalue weighted by atomic mass is 9.83. The fourth-order valence-corrected chi connectivity index (χ4v) is 11.3. The lowest BCUT2D eigenvalue weighted by Crippen LogP contribution is -2.51. The number of hydrogen-bond donors (Lipinski definition) is 2. The molecule has 0 radical (unpaired) electrons. The third kappa shape index (κ3) is 9.98. The zero-order valence-electron chi connectivity index (χ0n) is 34.5. The Bertz CT molecular complexity index is 2010. The molecule has 0 bridgehead atoms. The standard InChI is InChI=1S/C40H57N5O10S2/c1-24-15-25(2)20-44(19-24)56(49,50)28-11-13-30-32(17-28)35(43-54-23-53-37(46)36(39(5,6)7)41-38(47)55-40(8,9)10)33-18-29(12-14-31(33)34(30)42-48)57(51,52)45-21-26(3)16-27(4)22-45/h11-14,17-18,24-27,36,48H,15-16,19-23H2,1-10H3,(H,41,47)/t24-,25+,26-,27+,36?. The Labute approximate surface area is 336 Å². The maximum atomic E-state index is 14.1. The smallest absolute Gasteiger partial charge is 0.408 e. The number of oxime groups is 2. The van der Waals surface area contributed by atoms with Crippen LogP contribution in [0, 0.1) is 29.1 Å². The highest BCUT2D eigenvalue weighted by molar-refractivity contribution is 7.89. The van der Waals surface area contributed by atoms with Crippen LogP contribution in [0.25, 0.3) is 0 Å². The number of sulfonamides is 2. The van der Waals surface area contributed by atoms with Crippen molar-refractivity contribution in [3.63, 3.8) is 0 Å². The second-order valence-corrected chi connectivity index (χ2v) is 21.9. The summed E-state index contributed by atoms with van der Waals surface area (Å²) in [5, 5.41) is 20.8. The molecule has 17 heteroatoms. The van der Waals surface area contributed by atoms with Crippen LogP contribution in [-0.4, -0.2) is 98.8 Å². The fourth-order valence-electron chi connectivity index (χ4n) is 7.88. The molecule has 2 N–H and O–H groups in total. The number of alkyl carbamates (subject to hydrolysis) is 1. The van der Waals surface area contributed by atoms with Crippen LogP contribution >= 0.6 is 0 Å². The van der Waals surface area contributed by atoms with Crippen LogP contribution in [0.2, 0.25) is 0 Å². The molecule has 5 rings (SSSR count). The Morgan fingerprint density at radius 1 is 0.754 bits per heavy atom. The summed E-state index contributed by atoms with van der Waals surface area (Å²) in [6.45, 7) is 19.0. The minimum atomic E-state index is -4.01. The molecule has 0 saturated carbocycles. The highest BCUT2D eigenvalue weighted by Crippen LogP contribution is 2.35. The monoisotopic (exact) mass is 831 g/mol. The maximum absolute atomic E-state index is 14.1. The number of fused-ring (bicyclic) bond motifs is 2. The molecule has 2 aliphatic heterocycles. The van der Waals surface area contributed by atoms with E-state index in [1.54, 1.807) is 41.5 Å². The van der Waals surface area contributed by atoms with Gasteiger partial charge in [0.25, 0.3) is 6.79 Å². The molecule has 2 fully saturated rings. The van der Waals surface area contributed by atoms with Gasteiger partial charge in [0, 0.05) is 48.4 Å². The summed E-state index contributed by atoms with van der Waals surface area (Å²) >= 11 is 0. The van der Waals surface area contributed by atoms with E-state index in [1.807, 2.05) is 27.7 Å². The average molecular weight is 832 g/mol. The Morgan fingerprint density at radius 2 is 1.19 bits per heavy atom. The Hall–Kier alpha value is -4.06. The molecule has 0 aromatic heterocycles. The van der Waals surface area contributed by atoms with E-state index in [2.05, 4.69) is 15.6 Å². The maximum Gasteiger partial charge on any atom is 0.408 e. The van der Waals surface area contributed by atoms with Crippen LogP contribution < -0.4 is 5.32 Å². The zero-order valence-corrected chi connectivity index (χ0v) is 36.2.